The molecule has 3 rings (SSSR count). The number of carbonyl (C=O) groups is 1. The van der Waals surface area contributed by atoms with Gasteiger partial charge in [-0.2, -0.15) is 5.10 Å². The summed E-state index contributed by atoms with van der Waals surface area (Å²) in [5, 5.41) is 11.1. The maximum Gasteiger partial charge on any atom is 0.246 e. The van der Waals surface area contributed by atoms with Crippen LogP contribution in [0.3, 0.4) is 0 Å². The van der Waals surface area contributed by atoms with E-state index in [0.717, 1.165) is 47.9 Å². The highest BCUT2D eigenvalue weighted by Crippen LogP contribution is 2.29. The molecule has 1 aliphatic rings. The van der Waals surface area contributed by atoms with Crippen LogP contribution in [0.1, 0.15) is 31.2 Å². The number of rotatable bonds is 5. The van der Waals surface area contributed by atoms with Gasteiger partial charge in [-0.05, 0) is 38.3 Å². The number of carbonyl (C=O) groups excluding carboxylic acids is 1. The molecule has 124 valence electrons. The molecule has 0 saturated heterocycles. The molecule has 1 fully saturated rings. The van der Waals surface area contributed by atoms with Crippen molar-refractivity contribution in [2.45, 2.75) is 44.8 Å². The molecule has 2 aromatic rings. The van der Waals surface area contributed by atoms with E-state index >= 15 is 0 Å². The third kappa shape index (κ3) is 3.64. The first-order valence-corrected chi connectivity index (χ1v) is 8.05. The van der Waals surface area contributed by atoms with Gasteiger partial charge in [-0.3, -0.25) is 9.89 Å². The number of methoxy groups -OCH3 is 1. The highest BCUT2D eigenvalue weighted by atomic mass is 16.5. The number of aromatic amines is 1. The van der Waals surface area contributed by atoms with E-state index in [1.165, 1.54) is 7.11 Å². The molecule has 6 heteroatoms. The van der Waals surface area contributed by atoms with Gasteiger partial charge in [-0.15, -0.1) is 0 Å². The molecule has 0 radical (unpaired) electrons. The second-order valence-electron chi connectivity index (χ2n) is 6.12. The Hall–Kier alpha value is -2.08. The number of amides is 1. The zero-order chi connectivity index (χ0) is 16.2. The van der Waals surface area contributed by atoms with Gasteiger partial charge in [-0.1, -0.05) is 0 Å². The molecule has 2 atom stereocenters. The van der Waals surface area contributed by atoms with Gasteiger partial charge in [0, 0.05) is 30.5 Å². The molecule has 0 spiro atoms. The van der Waals surface area contributed by atoms with Crippen LogP contribution in [0.15, 0.2) is 18.3 Å². The average Bonchev–Trinajstić information content (AvgIpc) is 3.00. The van der Waals surface area contributed by atoms with Crippen molar-refractivity contribution in [1.82, 2.24) is 15.5 Å². The number of H-pyrrole nitrogens is 1. The van der Waals surface area contributed by atoms with Crippen molar-refractivity contribution in [2.75, 3.05) is 13.7 Å². The molecular formula is C17H23N3O3. The van der Waals surface area contributed by atoms with E-state index in [1.54, 1.807) is 0 Å². The Morgan fingerprint density at radius 1 is 1.43 bits per heavy atom. The minimum absolute atomic E-state index is 0.0610. The standard InChI is InChI=1S/C17H23N3O3/c1-11-14-9-18-20-15(14)6-7-16(11)23-13-5-3-4-12(8-13)19-17(21)10-22-2/h6-7,9,12-13H,3-5,8,10H2,1-2H3,(H,18,20)(H,19,21). The molecule has 1 aliphatic carbocycles. The molecule has 2 N–H and O–H groups in total. The molecule has 6 nitrogen and oxygen atoms in total. The molecule has 23 heavy (non-hydrogen) atoms. The van der Waals surface area contributed by atoms with Crippen molar-refractivity contribution in [3.05, 3.63) is 23.9 Å². The molecule has 1 saturated carbocycles. The Morgan fingerprint density at radius 3 is 3.13 bits per heavy atom. The van der Waals surface area contributed by atoms with E-state index in [9.17, 15) is 4.79 Å². The van der Waals surface area contributed by atoms with Gasteiger partial charge in [0.15, 0.2) is 0 Å². The van der Waals surface area contributed by atoms with Crippen molar-refractivity contribution in [3.8, 4) is 5.75 Å². The van der Waals surface area contributed by atoms with Crippen LogP contribution in [0.4, 0.5) is 0 Å². The van der Waals surface area contributed by atoms with E-state index < -0.39 is 0 Å². The summed E-state index contributed by atoms with van der Waals surface area (Å²) in [6.45, 7) is 2.16. The zero-order valence-corrected chi connectivity index (χ0v) is 13.6. The van der Waals surface area contributed by atoms with Crippen LogP contribution in [0.5, 0.6) is 5.75 Å². The van der Waals surface area contributed by atoms with Crippen molar-refractivity contribution >= 4 is 16.8 Å². The maximum atomic E-state index is 11.7. The van der Waals surface area contributed by atoms with Crippen LogP contribution in [0.25, 0.3) is 10.9 Å². The van der Waals surface area contributed by atoms with Crippen molar-refractivity contribution < 1.29 is 14.3 Å². The molecule has 0 aliphatic heterocycles. The summed E-state index contributed by atoms with van der Waals surface area (Å²) in [5.74, 6) is 0.835. The topological polar surface area (TPSA) is 76.2 Å². The van der Waals surface area contributed by atoms with Gasteiger partial charge in [-0.25, -0.2) is 0 Å². The molecule has 1 aromatic carbocycles. The highest BCUT2D eigenvalue weighted by Gasteiger charge is 2.25. The molecule has 2 unspecified atom stereocenters. The Morgan fingerprint density at radius 2 is 2.30 bits per heavy atom. The second-order valence-corrected chi connectivity index (χ2v) is 6.12. The predicted molar refractivity (Wildman–Crippen MR) is 87.5 cm³/mol. The van der Waals surface area contributed by atoms with Crippen LogP contribution in [-0.4, -0.2) is 42.0 Å². The minimum Gasteiger partial charge on any atom is -0.490 e. The fraction of sp³-hybridized carbons (Fsp3) is 0.529. The fourth-order valence-corrected chi connectivity index (χ4v) is 3.23. The lowest BCUT2D eigenvalue weighted by atomic mass is 9.92. The minimum atomic E-state index is -0.0610. The van der Waals surface area contributed by atoms with Crippen LogP contribution >= 0.6 is 0 Å². The van der Waals surface area contributed by atoms with E-state index in [1.807, 2.05) is 25.3 Å². The Kier molecular flexibility index (Phi) is 4.81. The molecule has 1 amide bonds. The van der Waals surface area contributed by atoms with Crippen LogP contribution < -0.4 is 10.1 Å². The van der Waals surface area contributed by atoms with Crippen LogP contribution in [0, 0.1) is 6.92 Å². The first-order chi connectivity index (χ1) is 11.2. The number of ether oxygens (including phenoxy) is 2. The number of fused-ring (bicyclic) bond motifs is 1. The molecule has 1 heterocycles. The Labute approximate surface area is 135 Å². The van der Waals surface area contributed by atoms with E-state index in [-0.39, 0.29) is 24.7 Å². The second kappa shape index (κ2) is 7.00. The van der Waals surface area contributed by atoms with Crippen molar-refractivity contribution in [3.63, 3.8) is 0 Å². The number of hydrogen-bond acceptors (Lipinski definition) is 4. The number of nitrogens with one attached hydrogen (secondary N) is 2. The summed E-state index contributed by atoms with van der Waals surface area (Å²) in [7, 11) is 1.53. The summed E-state index contributed by atoms with van der Waals surface area (Å²) in [6.07, 6.45) is 5.84. The SMILES string of the molecule is COCC(=O)NC1CCCC(Oc2ccc3[nH]ncc3c2C)C1. The predicted octanol–water partition coefficient (Wildman–Crippen LogP) is 2.32. The van der Waals surface area contributed by atoms with E-state index in [4.69, 9.17) is 9.47 Å². The van der Waals surface area contributed by atoms with Gasteiger partial charge in [0.1, 0.15) is 18.5 Å². The van der Waals surface area contributed by atoms with Gasteiger partial charge >= 0.3 is 0 Å². The fourth-order valence-electron chi connectivity index (χ4n) is 3.23. The lowest BCUT2D eigenvalue weighted by Gasteiger charge is -2.30. The zero-order valence-electron chi connectivity index (χ0n) is 13.6. The number of benzene rings is 1. The first-order valence-electron chi connectivity index (χ1n) is 8.05. The van der Waals surface area contributed by atoms with Gasteiger partial charge in [0.2, 0.25) is 5.91 Å². The quantitative estimate of drug-likeness (QED) is 0.887. The summed E-state index contributed by atoms with van der Waals surface area (Å²) in [5.41, 5.74) is 2.12. The number of aryl methyl sites for hydroxylation is 1. The maximum absolute atomic E-state index is 11.7. The van der Waals surface area contributed by atoms with Crippen LogP contribution in [-0.2, 0) is 9.53 Å². The Bertz CT molecular complexity index is 683. The van der Waals surface area contributed by atoms with Gasteiger partial charge in [0.25, 0.3) is 0 Å². The van der Waals surface area contributed by atoms with Crippen molar-refractivity contribution in [1.29, 1.82) is 0 Å². The summed E-state index contributed by atoms with van der Waals surface area (Å²) in [4.78, 5) is 11.7. The number of aromatic nitrogens is 2. The molecule has 0 bridgehead atoms. The lowest BCUT2D eigenvalue weighted by molar-refractivity contribution is -0.125. The number of nitrogens with zero attached hydrogens (tertiary/aromatic N) is 1. The summed E-state index contributed by atoms with van der Waals surface area (Å²) in [6, 6.07) is 4.14. The third-order valence-corrected chi connectivity index (χ3v) is 4.40. The molecular weight excluding hydrogens is 294 g/mol. The Balaban J connectivity index is 1.64. The first kappa shape index (κ1) is 15.8. The van der Waals surface area contributed by atoms with E-state index in [2.05, 4.69) is 15.5 Å². The van der Waals surface area contributed by atoms with E-state index in [0.29, 0.717) is 0 Å². The van der Waals surface area contributed by atoms with Crippen molar-refractivity contribution in [2.24, 2.45) is 0 Å². The summed E-state index contributed by atoms with van der Waals surface area (Å²) < 4.78 is 11.1. The van der Waals surface area contributed by atoms with Gasteiger partial charge in [0.05, 0.1) is 11.7 Å². The highest BCUT2D eigenvalue weighted by molar-refractivity contribution is 5.83. The third-order valence-electron chi connectivity index (χ3n) is 4.40. The molecule has 1 aromatic heterocycles. The number of hydrogen-bond donors (Lipinski definition) is 2. The smallest absolute Gasteiger partial charge is 0.246 e. The monoisotopic (exact) mass is 317 g/mol. The largest absolute Gasteiger partial charge is 0.490 e. The summed E-state index contributed by atoms with van der Waals surface area (Å²) >= 11 is 0. The lowest BCUT2D eigenvalue weighted by Crippen LogP contribution is -2.42. The average molecular weight is 317 g/mol. The van der Waals surface area contributed by atoms with Crippen LogP contribution in [0.2, 0.25) is 0 Å². The normalized spacial score (nSPS) is 21.3. The van der Waals surface area contributed by atoms with Gasteiger partial charge < -0.3 is 14.8 Å².